The predicted molar refractivity (Wildman–Crippen MR) is 104 cm³/mol. The molecule has 2 aliphatic rings. The molecule has 0 amide bonds. The number of benzene rings is 1. The van der Waals surface area contributed by atoms with Gasteiger partial charge in [0.2, 0.25) is 0 Å². The average molecular weight is 394 g/mol. The Labute approximate surface area is 164 Å². The minimum Gasteiger partial charge on any atom is -0.497 e. The van der Waals surface area contributed by atoms with Gasteiger partial charge in [0.05, 0.1) is 7.11 Å². The molecule has 0 radical (unpaired) electrons. The molecular formula is C19H24ClN3O4. The molecule has 8 heteroatoms. The quantitative estimate of drug-likeness (QED) is 0.825. The van der Waals surface area contributed by atoms with Crippen LogP contribution in [0.5, 0.6) is 5.75 Å². The molecule has 0 bridgehead atoms. The van der Waals surface area contributed by atoms with Crippen molar-refractivity contribution in [1.29, 1.82) is 0 Å². The van der Waals surface area contributed by atoms with Gasteiger partial charge < -0.3 is 24.6 Å². The van der Waals surface area contributed by atoms with Gasteiger partial charge in [-0.2, -0.15) is 0 Å². The maximum atomic E-state index is 12.0. The van der Waals surface area contributed by atoms with Crippen molar-refractivity contribution in [1.82, 2.24) is 10.5 Å². The van der Waals surface area contributed by atoms with Crippen LogP contribution >= 0.6 is 12.4 Å². The number of carbonyl (C=O) groups is 1. The standard InChI is InChI=1S/C19H23N3O4.ClH/c1-25-14-5-3-13(4-6-14)16-15(18(23)24)17(21-26-16)22-10-2-7-19(12-22)8-9-20-11-19;/h3-6,20H,2,7-12H2,1H3,(H,23,24);1H. The van der Waals surface area contributed by atoms with Crippen LogP contribution in [0.1, 0.15) is 29.6 Å². The highest BCUT2D eigenvalue weighted by Crippen LogP contribution is 2.39. The van der Waals surface area contributed by atoms with Crippen LogP contribution in [-0.4, -0.2) is 49.5 Å². The molecule has 1 spiro atoms. The topological polar surface area (TPSA) is 87.8 Å². The second-order valence-corrected chi connectivity index (χ2v) is 7.20. The zero-order chi connectivity index (χ0) is 18.1. The number of rotatable bonds is 4. The van der Waals surface area contributed by atoms with Gasteiger partial charge in [0.15, 0.2) is 17.1 Å². The molecule has 2 aliphatic heterocycles. The Morgan fingerprint density at radius 3 is 2.74 bits per heavy atom. The number of carboxylic acid groups (broad SMARTS) is 1. The summed E-state index contributed by atoms with van der Waals surface area (Å²) in [5.41, 5.74) is 1.03. The molecule has 1 aromatic heterocycles. The van der Waals surface area contributed by atoms with Crippen LogP contribution in [0.3, 0.4) is 0 Å². The minimum atomic E-state index is -1.02. The first kappa shape index (κ1) is 19.5. The van der Waals surface area contributed by atoms with E-state index in [1.165, 1.54) is 6.42 Å². The van der Waals surface area contributed by atoms with Crippen molar-refractivity contribution in [2.24, 2.45) is 5.41 Å². The van der Waals surface area contributed by atoms with Gasteiger partial charge in [-0.1, -0.05) is 5.16 Å². The Morgan fingerprint density at radius 2 is 2.11 bits per heavy atom. The van der Waals surface area contributed by atoms with Gasteiger partial charge in [-0.3, -0.25) is 0 Å². The van der Waals surface area contributed by atoms with Gasteiger partial charge >= 0.3 is 5.97 Å². The van der Waals surface area contributed by atoms with Crippen LogP contribution in [0.4, 0.5) is 5.82 Å². The molecule has 1 unspecified atom stereocenters. The summed E-state index contributed by atoms with van der Waals surface area (Å²) in [7, 11) is 1.59. The molecule has 1 atom stereocenters. The number of hydrogen-bond donors (Lipinski definition) is 2. The third kappa shape index (κ3) is 3.61. The first-order valence-electron chi connectivity index (χ1n) is 8.95. The predicted octanol–water partition coefficient (Wildman–Crippen LogP) is 3.05. The number of aromatic nitrogens is 1. The molecule has 2 saturated heterocycles. The monoisotopic (exact) mass is 393 g/mol. The maximum absolute atomic E-state index is 12.0. The summed E-state index contributed by atoms with van der Waals surface area (Å²) in [4.78, 5) is 14.1. The van der Waals surface area contributed by atoms with E-state index in [9.17, 15) is 9.90 Å². The van der Waals surface area contributed by atoms with E-state index < -0.39 is 5.97 Å². The molecule has 0 aliphatic carbocycles. The number of nitrogens with one attached hydrogen (secondary N) is 1. The van der Waals surface area contributed by atoms with E-state index in [4.69, 9.17) is 9.26 Å². The molecule has 2 N–H and O–H groups in total. The summed E-state index contributed by atoms with van der Waals surface area (Å²) in [6.45, 7) is 3.62. The van der Waals surface area contributed by atoms with Gasteiger partial charge in [0.1, 0.15) is 5.75 Å². The lowest BCUT2D eigenvalue weighted by atomic mass is 9.79. The van der Waals surface area contributed by atoms with E-state index in [2.05, 4.69) is 15.4 Å². The van der Waals surface area contributed by atoms with E-state index in [0.717, 1.165) is 39.0 Å². The Bertz CT molecular complexity index is 800. The SMILES string of the molecule is COc1ccc(-c2onc(N3CCCC4(CCNC4)C3)c2C(=O)O)cc1.Cl. The van der Waals surface area contributed by atoms with Crippen LogP contribution in [-0.2, 0) is 0 Å². The van der Waals surface area contributed by atoms with Crippen molar-refractivity contribution in [3.05, 3.63) is 29.8 Å². The smallest absolute Gasteiger partial charge is 0.343 e. The molecular weight excluding hydrogens is 370 g/mol. The first-order valence-corrected chi connectivity index (χ1v) is 8.95. The second kappa shape index (κ2) is 7.78. The van der Waals surface area contributed by atoms with Crippen molar-refractivity contribution < 1.29 is 19.2 Å². The third-order valence-corrected chi connectivity index (χ3v) is 5.53. The van der Waals surface area contributed by atoms with E-state index in [1.807, 2.05) is 0 Å². The second-order valence-electron chi connectivity index (χ2n) is 7.20. The van der Waals surface area contributed by atoms with E-state index in [-0.39, 0.29) is 23.4 Å². The number of aromatic carboxylic acids is 1. The van der Waals surface area contributed by atoms with E-state index >= 15 is 0 Å². The Balaban J connectivity index is 0.00000210. The van der Waals surface area contributed by atoms with Crippen LogP contribution in [0, 0.1) is 5.41 Å². The van der Waals surface area contributed by atoms with Crippen molar-refractivity contribution in [3.8, 4) is 17.1 Å². The number of carboxylic acids is 1. The Kier molecular flexibility index (Phi) is 5.62. The van der Waals surface area contributed by atoms with Crippen molar-refractivity contribution in [3.63, 3.8) is 0 Å². The number of methoxy groups -OCH3 is 1. The normalized spacial score (nSPS) is 21.9. The number of halogens is 1. The summed E-state index contributed by atoms with van der Waals surface area (Å²) < 4.78 is 10.7. The molecule has 1 aromatic carbocycles. The van der Waals surface area contributed by atoms with E-state index in [0.29, 0.717) is 22.9 Å². The van der Waals surface area contributed by atoms with Crippen LogP contribution < -0.4 is 15.0 Å². The van der Waals surface area contributed by atoms with Crippen LogP contribution in [0.15, 0.2) is 28.8 Å². The van der Waals surface area contributed by atoms with Crippen molar-refractivity contribution in [2.45, 2.75) is 19.3 Å². The fourth-order valence-corrected chi connectivity index (χ4v) is 4.16. The highest BCUT2D eigenvalue weighted by Gasteiger charge is 2.40. The summed E-state index contributed by atoms with van der Waals surface area (Å²) >= 11 is 0. The Morgan fingerprint density at radius 1 is 1.33 bits per heavy atom. The lowest BCUT2D eigenvalue weighted by Gasteiger charge is -2.40. The zero-order valence-corrected chi connectivity index (χ0v) is 16.1. The number of anilines is 1. The fraction of sp³-hybridized carbons (Fsp3) is 0.474. The van der Waals surface area contributed by atoms with Gasteiger partial charge in [-0.15, -0.1) is 12.4 Å². The summed E-state index contributed by atoms with van der Waals surface area (Å²) in [6, 6.07) is 7.13. The lowest BCUT2D eigenvalue weighted by Crippen LogP contribution is -2.45. The van der Waals surface area contributed by atoms with Gasteiger partial charge in [0.25, 0.3) is 0 Å². The first-order chi connectivity index (χ1) is 12.6. The number of hydrogen-bond acceptors (Lipinski definition) is 6. The van der Waals surface area contributed by atoms with E-state index in [1.54, 1.807) is 31.4 Å². The number of piperidine rings is 1. The number of nitrogens with zero attached hydrogens (tertiary/aromatic N) is 2. The minimum absolute atomic E-state index is 0. The highest BCUT2D eigenvalue weighted by molar-refractivity contribution is 5.99. The Hall–Kier alpha value is -2.25. The summed E-state index contributed by atoms with van der Waals surface area (Å²) in [5, 5.41) is 17.4. The molecule has 3 heterocycles. The average Bonchev–Trinajstić information content (AvgIpc) is 3.29. The summed E-state index contributed by atoms with van der Waals surface area (Å²) in [6.07, 6.45) is 3.32. The molecule has 7 nitrogen and oxygen atoms in total. The molecule has 0 saturated carbocycles. The zero-order valence-electron chi connectivity index (χ0n) is 15.2. The van der Waals surface area contributed by atoms with Crippen molar-refractivity contribution in [2.75, 3.05) is 38.2 Å². The highest BCUT2D eigenvalue weighted by atomic mass is 35.5. The molecule has 146 valence electrons. The number of ether oxygens (including phenoxy) is 1. The van der Waals surface area contributed by atoms with Gasteiger partial charge in [-0.25, -0.2) is 4.79 Å². The summed E-state index contributed by atoms with van der Waals surface area (Å²) in [5.74, 6) is 0.418. The molecule has 4 rings (SSSR count). The third-order valence-electron chi connectivity index (χ3n) is 5.53. The van der Waals surface area contributed by atoms with Gasteiger partial charge in [0, 0.05) is 30.6 Å². The molecule has 2 aromatic rings. The maximum Gasteiger partial charge on any atom is 0.343 e. The lowest BCUT2D eigenvalue weighted by molar-refractivity contribution is 0.0697. The largest absolute Gasteiger partial charge is 0.497 e. The van der Waals surface area contributed by atoms with Crippen LogP contribution in [0.25, 0.3) is 11.3 Å². The van der Waals surface area contributed by atoms with Crippen LogP contribution in [0.2, 0.25) is 0 Å². The van der Waals surface area contributed by atoms with Crippen molar-refractivity contribution >= 4 is 24.2 Å². The van der Waals surface area contributed by atoms with Gasteiger partial charge in [-0.05, 0) is 50.1 Å². The fourth-order valence-electron chi connectivity index (χ4n) is 4.16. The molecule has 27 heavy (non-hydrogen) atoms. The molecule has 2 fully saturated rings.